The van der Waals surface area contributed by atoms with Crippen LogP contribution in [-0.4, -0.2) is 25.7 Å². The van der Waals surface area contributed by atoms with Crippen LogP contribution in [0.2, 0.25) is 0 Å². The van der Waals surface area contributed by atoms with Gasteiger partial charge in [-0.25, -0.2) is 0 Å². The fourth-order valence-electron chi connectivity index (χ4n) is 0.961. The summed E-state index contributed by atoms with van der Waals surface area (Å²) >= 11 is 0. The van der Waals surface area contributed by atoms with Gasteiger partial charge < -0.3 is 4.74 Å². The van der Waals surface area contributed by atoms with E-state index in [0.29, 0.717) is 6.54 Å². The predicted molar refractivity (Wildman–Crippen MR) is 32.7 cm³/mol. The van der Waals surface area contributed by atoms with Crippen LogP contribution < -0.4 is 5.32 Å². The van der Waals surface area contributed by atoms with Gasteiger partial charge in [0.05, 0.1) is 17.4 Å². The second kappa shape index (κ2) is 3.38. The molecular weight excluding hydrogens is 118 g/mol. The number of hydrogen-bond acceptors (Lipinski definition) is 2. The molecular formula is C6H10NO2+. The summed E-state index contributed by atoms with van der Waals surface area (Å²) in [6.07, 6.45) is 4.04. The molecule has 1 atom stereocenters. The summed E-state index contributed by atoms with van der Waals surface area (Å²) in [7, 11) is 0. The van der Waals surface area contributed by atoms with Crippen molar-refractivity contribution in [2.45, 2.75) is 18.9 Å². The summed E-state index contributed by atoms with van der Waals surface area (Å²) in [5, 5.41) is 2.46. The Labute approximate surface area is 54.4 Å². The number of amides is 1. The summed E-state index contributed by atoms with van der Waals surface area (Å²) in [6.45, 7) is 1.45. The Kier molecular flexibility index (Phi) is 2.43. The van der Waals surface area contributed by atoms with Crippen LogP contribution in [-0.2, 0) is 9.53 Å². The molecule has 1 unspecified atom stereocenters. The zero-order valence-electron chi connectivity index (χ0n) is 5.22. The number of nitrogens with one attached hydrogen (secondary N) is 1. The van der Waals surface area contributed by atoms with Crippen LogP contribution >= 0.6 is 0 Å². The van der Waals surface area contributed by atoms with Crippen molar-refractivity contribution in [3.8, 4) is 0 Å². The van der Waals surface area contributed by atoms with E-state index >= 15 is 0 Å². The van der Waals surface area contributed by atoms with Crippen molar-refractivity contribution >= 4 is 6.41 Å². The standard InChI is InChI=1S/C6H10NO2/c8-5-7-4-6-2-1-3-9-6/h6H,1-4H2,(H,7,8)/q+1. The van der Waals surface area contributed by atoms with E-state index in [1.165, 1.54) is 0 Å². The summed E-state index contributed by atoms with van der Waals surface area (Å²) in [4.78, 5) is 9.67. The van der Waals surface area contributed by atoms with Crippen LogP contribution in [0.5, 0.6) is 0 Å². The normalized spacial score (nSPS) is 25.6. The van der Waals surface area contributed by atoms with E-state index < -0.39 is 0 Å². The smallest absolute Gasteiger partial charge is 0.376 e. The fraction of sp³-hybridized carbons (Fsp3) is 0.833. The minimum Gasteiger partial charge on any atom is -0.376 e. The van der Waals surface area contributed by atoms with E-state index in [4.69, 9.17) is 4.74 Å². The first-order valence-electron chi connectivity index (χ1n) is 3.15. The number of hydrogen-bond donors (Lipinski definition) is 1. The van der Waals surface area contributed by atoms with Gasteiger partial charge in [-0.15, -0.1) is 5.32 Å². The van der Waals surface area contributed by atoms with Gasteiger partial charge in [-0.2, -0.15) is 0 Å². The van der Waals surface area contributed by atoms with Gasteiger partial charge >= 0.3 is 6.41 Å². The maximum Gasteiger partial charge on any atom is 0.665 e. The van der Waals surface area contributed by atoms with Gasteiger partial charge in [0.1, 0.15) is 0 Å². The van der Waals surface area contributed by atoms with Crippen molar-refractivity contribution in [3.05, 3.63) is 0 Å². The molecule has 1 aliphatic rings. The zero-order valence-corrected chi connectivity index (χ0v) is 5.22. The first-order valence-corrected chi connectivity index (χ1v) is 3.15. The molecule has 1 heterocycles. The van der Waals surface area contributed by atoms with E-state index in [1.54, 1.807) is 6.41 Å². The van der Waals surface area contributed by atoms with E-state index in [-0.39, 0.29) is 6.10 Å². The van der Waals surface area contributed by atoms with Crippen molar-refractivity contribution < 1.29 is 9.53 Å². The van der Waals surface area contributed by atoms with Crippen molar-refractivity contribution in [2.75, 3.05) is 13.2 Å². The molecule has 0 aromatic rings. The minimum absolute atomic E-state index is 0.242. The highest BCUT2D eigenvalue weighted by Crippen LogP contribution is 2.09. The Bertz CT molecular complexity index is 89.1. The lowest BCUT2D eigenvalue weighted by atomic mass is 10.2. The van der Waals surface area contributed by atoms with Crippen LogP contribution in [0.25, 0.3) is 0 Å². The average molecular weight is 128 g/mol. The molecule has 1 fully saturated rings. The molecule has 1 aliphatic heterocycles. The maximum absolute atomic E-state index is 9.67. The minimum atomic E-state index is 0.242. The van der Waals surface area contributed by atoms with Crippen LogP contribution in [0, 0.1) is 0 Å². The SMILES string of the molecule is O=[C+]NCC1CCCO1. The lowest BCUT2D eigenvalue weighted by Crippen LogP contribution is -2.24. The van der Waals surface area contributed by atoms with Crippen molar-refractivity contribution in [3.63, 3.8) is 0 Å². The van der Waals surface area contributed by atoms with Crippen LogP contribution in [0.1, 0.15) is 12.8 Å². The molecule has 1 saturated heterocycles. The molecule has 0 aliphatic carbocycles. The molecule has 50 valence electrons. The molecule has 3 nitrogen and oxygen atoms in total. The van der Waals surface area contributed by atoms with E-state index in [9.17, 15) is 4.79 Å². The summed E-state index contributed by atoms with van der Waals surface area (Å²) in [6, 6.07) is 0. The third-order valence-electron chi connectivity index (χ3n) is 1.43. The van der Waals surface area contributed by atoms with Gasteiger partial charge in [-0.05, 0) is 12.8 Å². The Morgan fingerprint density at radius 2 is 2.67 bits per heavy atom. The second-order valence-corrected chi connectivity index (χ2v) is 2.12. The van der Waals surface area contributed by atoms with Gasteiger partial charge in [0.2, 0.25) is 0 Å². The summed E-state index contributed by atoms with van der Waals surface area (Å²) in [5.74, 6) is 0. The van der Waals surface area contributed by atoms with Crippen molar-refractivity contribution in [1.29, 1.82) is 0 Å². The van der Waals surface area contributed by atoms with Gasteiger partial charge in [0.15, 0.2) is 0 Å². The number of ether oxygens (including phenoxy) is 1. The first kappa shape index (κ1) is 6.46. The van der Waals surface area contributed by atoms with E-state index in [1.807, 2.05) is 0 Å². The van der Waals surface area contributed by atoms with Crippen LogP contribution in [0.4, 0.5) is 0 Å². The lowest BCUT2D eigenvalue weighted by Gasteiger charge is -2.01. The van der Waals surface area contributed by atoms with Crippen molar-refractivity contribution in [2.24, 2.45) is 0 Å². The molecule has 0 aromatic heterocycles. The lowest BCUT2D eigenvalue weighted by molar-refractivity contribution is 0.114. The van der Waals surface area contributed by atoms with Gasteiger partial charge in [-0.3, -0.25) is 0 Å². The van der Waals surface area contributed by atoms with Crippen molar-refractivity contribution in [1.82, 2.24) is 5.32 Å². The molecule has 0 bridgehead atoms. The molecule has 9 heavy (non-hydrogen) atoms. The highest BCUT2D eigenvalue weighted by atomic mass is 16.5. The van der Waals surface area contributed by atoms with Gasteiger partial charge in [0.25, 0.3) is 0 Å². The number of rotatable bonds is 3. The quantitative estimate of drug-likeness (QED) is 0.423. The van der Waals surface area contributed by atoms with Gasteiger partial charge in [0, 0.05) is 6.61 Å². The topological polar surface area (TPSA) is 38.3 Å². The molecule has 1 N–H and O–H groups in total. The zero-order chi connectivity index (χ0) is 6.53. The first-order chi connectivity index (χ1) is 4.43. The number of carbonyl (C=O) groups excluding carboxylic acids is 1. The second-order valence-electron chi connectivity index (χ2n) is 2.12. The average Bonchev–Trinajstić information content (AvgIpc) is 2.34. The summed E-state index contributed by atoms with van der Waals surface area (Å²) < 4.78 is 5.21. The van der Waals surface area contributed by atoms with E-state index in [2.05, 4.69) is 5.32 Å². The molecule has 1 rings (SSSR count). The van der Waals surface area contributed by atoms with Crippen LogP contribution in [0.15, 0.2) is 0 Å². The maximum atomic E-state index is 9.67. The third-order valence-corrected chi connectivity index (χ3v) is 1.43. The van der Waals surface area contributed by atoms with E-state index in [0.717, 1.165) is 19.4 Å². The Hall–Kier alpha value is -0.660. The van der Waals surface area contributed by atoms with Gasteiger partial charge in [-0.1, -0.05) is 0 Å². The largest absolute Gasteiger partial charge is 0.665 e. The fourth-order valence-corrected chi connectivity index (χ4v) is 0.961. The Balaban J connectivity index is 2.04. The molecule has 1 amide bonds. The monoisotopic (exact) mass is 128 g/mol. The Morgan fingerprint density at radius 3 is 3.22 bits per heavy atom. The predicted octanol–water partition coefficient (Wildman–Crippen LogP) is -0.178. The molecule has 0 saturated carbocycles. The third kappa shape index (κ3) is 1.96. The molecule has 3 heteroatoms. The molecule has 0 aromatic carbocycles. The van der Waals surface area contributed by atoms with Crippen LogP contribution in [0.3, 0.4) is 0 Å². The highest BCUT2D eigenvalue weighted by Gasteiger charge is 2.16. The molecule has 0 spiro atoms. The Morgan fingerprint density at radius 1 is 1.78 bits per heavy atom. The highest BCUT2D eigenvalue weighted by molar-refractivity contribution is 5.46. The summed E-state index contributed by atoms with van der Waals surface area (Å²) in [5.41, 5.74) is 0. The molecule has 0 radical (unpaired) electrons.